The maximum Gasteiger partial charge on any atom is 0.314 e. The Labute approximate surface area is 171 Å². The molecule has 5 aliphatic rings. The van der Waals surface area contributed by atoms with Gasteiger partial charge >= 0.3 is 5.97 Å². The average molecular weight is 389 g/mol. The maximum atomic E-state index is 13.2. The van der Waals surface area contributed by atoms with Gasteiger partial charge in [0.2, 0.25) is 0 Å². The first kappa shape index (κ1) is 19.4. The third-order valence-electron chi connectivity index (χ3n) is 10.0. The van der Waals surface area contributed by atoms with Gasteiger partial charge in [0.1, 0.15) is 0 Å². The van der Waals surface area contributed by atoms with E-state index in [0.29, 0.717) is 0 Å². The van der Waals surface area contributed by atoms with E-state index in [9.17, 15) is 4.79 Å². The second-order valence-electron chi connectivity index (χ2n) is 12.9. The predicted molar refractivity (Wildman–Crippen MR) is 109 cm³/mol. The number of hydrogen-bond donors (Lipinski definition) is 0. The molecule has 5 saturated carbocycles. The zero-order chi connectivity index (χ0) is 20.1. The minimum absolute atomic E-state index is 0.0522. The molecule has 0 heterocycles. The van der Waals surface area contributed by atoms with E-state index in [0.717, 1.165) is 60.9 Å². The Morgan fingerprint density at radius 1 is 1.11 bits per heavy atom. The highest BCUT2D eigenvalue weighted by Gasteiger charge is 2.77. The Kier molecular flexibility index (Phi) is 4.00. The Morgan fingerprint density at radius 2 is 1.79 bits per heavy atom. The van der Waals surface area contributed by atoms with Gasteiger partial charge in [-0.1, -0.05) is 27.7 Å². The molecule has 28 heavy (non-hydrogen) atoms. The molecular weight excluding hydrogens is 348 g/mol. The summed E-state index contributed by atoms with van der Waals surface area (Å²) in [6, 6.07) is 0. The Hall–Kier alpha value is -0.570. The summed E-state index contributed by atoms with van der Waals surface area (Å²) in [5.41, 5.74) is 0.507. The topological polar surface area (TPSA) is 35.5 Å². The van der Waals surface area contributed by atoms with Crippen LogP contribution in [0.3, 0.4) is 0 Å². The molecule has 0 aliphatic heterocycles. The molecule has 1 spiro atoms. The monoisotopic (exact) mass is 388 g/mol. The largest absolute Gasteiger partial charge is 0.436 e. The summed E-state index contributed by atoms with van der Waals surface area (Å²) in [7, 11) is 0. The molecule has 0 aromatic carbocycles. The lowest BCUT2D eigenvalue weighted by Crippen LogP contribution is -2.66. The van der Waals surface area contributed by atoms with E-state index in [1.165, 1.54) is 25.7 Å². The summed E-state index contributed by atoms with van der Waals surface area (Å²) in [4.78, 5) is 13.2. The van der Waals surface area contributed by atoms with Gasteiger partial charge in [-0.2, -0.15) is 0 Å². The number of fused-ring (bicyclic) bond motifs is 1. The van der Waals surface area contributed by atoms with Gasteiger partial charge in [0.15, 0.2) is 6.29 Å². The molecule has 2 bridgehead atoms. The zero-order valence-corrected chi connectivity index (χ0v) is 18.8. The van der Waals surface area contributed by atoms with Gasteiger partial charge in [-0.15, -0.1) is 0 Å². The lowest BCUT2D eigenvalue weighted by Gasteiger charge is -2.70. The normalized spacial score (nSPS) is 44.7. The van der Waals surface area contributed by atoms with Crippen LogP contribution in [-0.2, 0) is 14.3 Å². The van der Waals surface area contributed by atoms with Gasteiger partial charge in [0, 0.05) is 0 Å². The second kappa shape index (κ2) is 5.77. The van der Waals surface area contributed by atoms with Gasteiger partial charge < -0.3 is 9.47 Å². The van der Waals surface area contributed by atoms with Crippen LogP contribution in [0.15, 0.2) is 0 Å². The molecule has 0 N–H and O–H groups in total. The zero-order valence-electron chi connectivity index (χ0n) is 18.8. The molecule has 5 rings (SSSR count). The van der Waals surface area contributed by atoms with Crippen LogP contribution in [0.2, 0.25) is 0 Å². The first-order valence-electron chi connectivity index (χ1n) is 11.8. The van der Waals surface area contributed by atoms with Crippen LogP contribution < -0.4 is 0 Å². The third kappa shape index (κ3) is 2.53. The first-order valence-corrected chi connectivity index (χ1v) is 11.8. The Morgan fingerprint density at radius 3 is 2.39 bits per heavy atom. The van der Waals surface area contributed by atoms with Crippen molar-refractivity contribution in [1.82, 2.24) is 0 Å². The Bertz CT molecular complexity index is 674. The van der Waals surface area contributed by atoms with Gasteiger partial charge in [-0.05, 0) is 105 Å². The highest BCUT2D eigenvalue weighted by Crippen LogP contribution is 2.83. The summed E-state index contributed by atoms with van der Waals surface area (Å²) < 4.78 is 12.0. The third-order valence-corrected chi connectivity index (χ3v) is 10.0. The molecule has 5 fully saturated rings. The van der Waals surface area contributed by atoms with Crippen molar-refractivity contribution in [2.45, 2.75) is 92.8 Å². The van der Waals surface area contributed by atoms with Gasteiger partial charge in [-0.25, -0.2) is 0 Å². The smallest absolute Gasteiger partial charge is 0.314 e. The van der Waals surface area contributed by atoms with Crippen LogP contribution in [0.4, 0.5) is 0 Å². The minimum Gasteiger partial charge on any atom is -0.436 e. The molecule has 8 unspecified atom stereocenters. The second-order valence-corrected chi connectivity index (χ2v) is 12.9. The number of ether oxygens (including phenoxy) is 2. The van der Waals surface area contributed by atoms with Crippen molar-refractivity contribution in [2.24, 2.45) is 51.2 Å². The fourth-order valence-electron chi connectivity index (χ4n) is 8.43. The number of carbonyl (C=O) groups is 1. The van der Waals surface area contributed by atoms with Crippen LogP contribution in [0.25, 0.3) is 0 Å². The van der Waals surface area contributed by atoms with Crippen molar-refractivity contribution in [1.29, 1.82) is 0 Å². The average Bonchev–Trinajstić information content (AvgIpc) is 3.10. The van der Waals surface area contributed by atoms with E-state index in [1.54, 1.807) is 0 Å². The standard InChI is InChI=1S/C25H40O3/c1-15(28-21(26)24(6,14-22(2,3)4)23(5)7-8-23)27-13-18-19-10-16-9-17-11-20(18)25(17,19)12-16/h15-20H,7-14H2,1-6H3. The molecule has 5 aliphatic carbocycles. The number of carbonyl (C=O) groups excluding carboxylic acids is 1. The highest BCUT2D eigenvalue weighted by molar-refractivity contribution is 5.78. The number of esters is 1. The summed E-state index contributed by atoms with van der Waals surface area (Å²) in [6.07, 6.45) is 8.59. The van der Waals surface area contributed by atoms with Crippen molar-refractivity contribution >= 4 is 5.97 Å². The highest BCUT2D eigenvalue weighted by atomic mass is 16.7. The van der Waals surface area contributed by atoms with Crippen LogP contribution in [0, 0.1) is 51.2 Å². The van der Waals surface area contributed by atoms with Crippen molar-refractivity contribution in [2.75, 3.05) is 6.61 Å². The quantitative estimate of drug-likeness (QED) is 0.407. The fourth-order valence-corrected chi connectivity index (χ4v) is 8.43. The maximum absolute atomic E-state index is 13.2. The van der Waals surface area contributed by atoms with E-state index >= 15 is 0 Å². The lowest BCUT2D eigenvalue weighted by atomic mass is 9.34. The summed E-state index contributed by atoms with van der Waals surface area (Å²) in [6.45, 7) is 13.7. The van der Waals surface area contributed by atoms with E-state index in [-0.39, 0.29) is 16.8 Å². The molecule has 3 nitrogen and oxygen atoms in total. The predicted octanol–water partition coefficient (Wildman–Crippen LogP) is 5.82. The lowest BCUT2D eigenvalue weighted by molar-refractivity contribution is -0.258. The van der Waals surface area contributed by atoms with E-state index in [2.05, 4.69) is 34.6 Å². The minimum atomic E-state index is -0.430. The SMILES string of the molecule is CC(OCC1C2CC3CC4CC1C42C3)OC(=O)C(C)(CC(C)(C)C)C1(C)CC1. The number of hydrogen-bond acceptors (Lipinski definition) is 3. The molecule has 0 aromatic heterocycles. The van der Waals surface area contributed by atoms with Crippen LogP contribution >= 0.6 is 0 Å². The van der Waals surface area contributed by atoms with Crippen molar-refractivity contribution in [3.8, 4) is 0 Å². The van der Waals surface area contributed by atoms with Crippen molar-refractivity contribution in [3.05, 3.63) is 0 Å². The Balaban J connectivity index is 1.17. The van der Waals surface area contributed by atoms with E-state index < -0.39 is 11.7 Å². The van der Waals surface area contributed by atoms with Gasteiger partial charge in [-0.3, -0.25) is 4.79 Å². The molecule has 8 atom stereocenters. The van der Waals surface area contributed by atoms with Crippen LogP contribution in [-0.4, -0.2) is 18.9 Å². The summed E-state index contributed by atoms with van der Waals surface area (Å²) >= 11 is 0. The van der Waals surface area contributed by atoms with Crippen LogP contribution in [0.5, 0.6) is 0 Å². The molecular formula is C25H40O3. The van der Waals surface area contributed by atoms with Gasteiger partial charge in [0.25, 0.3) is 0 Å². The van der Waals surface area contributed by atoms with Crippen molar-refractivity contribution in [3.63, 3.8) is 0 Å². The molecule has 158 valence electrons. The first-order chi connectivity index (χ1) is 13.0. The van der Waals surface area contributed by atoms with Gasteiger partial charge in [0.05, 0.1) is 12.0 Å². The molecule has 3 heteroatoms. The molecule has 0 aromatic rings. The summed E-state index contributed by atoms with van der Waals surface area (Å²) in [5, 5.41) is 0. The van der Waals surface area contributed by atoms with Crippen molar-refractivity contribution < 1.29 is 14.3 Å². The fraction of sp³-hybridized carbons (Fsp3) is 0.960. The molecule has 0 radical (unpaired) electrons. The summed E-state index contributed by atoms with van der Waals surface area (Å²) in [5.74, 6) is 4.56. The number of rotatable bonds is 7. The molecule has 0 amide bonds. The van der Waals surface area contributed by atoms with Crippen LogP contribution in [0.1, 0.15) is 86.5 Å². The molecule has 0 saturated heterocycles. The van der Waals surface area contributed by atoms with E-state index in [4.69, 9.17) is 9.47 Å². The van der Waals surface area contributed by atoms with E-state index in [1.807, 2.05) is 6.92 Å².